The third-order valence-electron chi connectivity index (χ3n) is 3.70. The predicted molar refractivity (Wildman–Crippen MR) is 78.1 cm³/mol. The van der Waals surface area contributed by atoms with Gasteiger partial charge in [0, 0.05) is 37.2 Å². The van der Waals surface area contributed by atoms with Crippen molar-refractivity contribution in [1.29, 1.82) is 0 Å². The van der Waals surface area contributed by atoms with Gasteiger partial charge in [0.2, 0.25) is 0 Å². The quantitative estimate of drug-likeness (QED) is 0.905. The highest BCUT2D eigenvalue weighted by Crippen LogP contribution is 2.20. The van der Waals surface area contributed by atoms with Gasteiger partial charge in [-0.05, 0) is 30.0 Å². The molecule has 2 nitrogen and oxygen atoms in total. The van der Waals surface area contributed by atoms with Gasteiger partial charge in [0.15, 0.2) is 0 Å². The van der Waals surface area contributed by atoms with Gasteiger partial charge in [0.25, 0.3) is 0 Å². The summed E-state index contributed by atoms with van der Waals surface area (Å²) in [4.78, 5) is 2.50. The minimum Gasteiger partial charge on any atom is -0.311 e. The molecule has 1 fully saturated rings. The van der Waals surface area contributed by atoms with Crippen LogP contribution >= 0.6 is 11.6 Å². The molecule has 1 heterocycles. The van der Waals surface area contributed by atoms with Crippen LogP contribution in [-0.2, 0) is 6.54 Å². The molecule has 1 N–H and O–H groups in total. The fraction of sp³-hybridized carbons (Fsp3) is 0.600. The molecule has 1 aromatic carbocycles. The molecule has 1 aliphatic heterocycles. The van der Waals surface area contributed by atoms with Crippen molar-refractivity contribution in [2.75, 3.05) is 19.6 Å². The van der Waals surface area contributed by atoms with Crippen LogP contribution in [0.15, 0.2) is 18.2 Å². The van der Waals surface area contributed by atoms with E-state index in [4.69, 9.17) is 11.6 Å². The maximum Gasteiger partial charge on any atom is 0.0453 e. The van der Waals surface area contributed by atoms with E-state index in [1.54, 1.807) is 0 Å². The molecule has 0 radical (unpaired) electrons. The van der Waals surface area contributed by atoms with Gasteiger partial charge < -0.3 is 5.32 Å². The Kier molecular flexibility index (Phi) is 4.66. The average Bonchev–Trinajstić information content (AvgIpc) is 2.33. The second-order valence-electron chi connectivity index (χ2n) is 5.63. The number of hydrogen-bond donors (Lipinski definition) is 1. The summed E-state index contributed by atoms with van der Waals surface area (Å²) in [7, 11) is 0. The third-order valence-corrected chi connectivity index (χ3v) is 4.05. The number of benzene rings is 1. The molecule has 18 heavy (non-hydrogen) atoms. The van der Waals surface area contributed by atoms with Gasteiger partial charge in [-0.1, -0.05) is 37.6 Å². The van der Waals surface area contributed by atoms with Gasteiger partial charge in [-0.25, -0.2) is 0 Å². The molecule has 100 valence electrons. The van der Waals surface area contributed by atoms with Crippen LogP contribution in [0.2, 0.25) is 5.02 Å². The maximum absolute atomic E-state index is 6.31. The smallest absolute Gasteiger partial charge is 0.0453 e. The first-order chi connectivity index (χ1) is 8.56. The first-order valence-electron chi connectivity index (χ1n) is 6.77. The van der Waals surface area contributed by atoms with Crippen molar-refractivity contribution >= 4 is 11.6 Å². The highest BCUT2D eigenvalue weighted by molar-refractivity contribution is 6.31. The highest BCUT2D eigenvalue weighted by atomic mass is 35.5. The number of rotatable bonds is 3. The molecule has 0 bridgehead atoms. The van der Waals surface area contributed by atoms with Crippen molar-refractivity contribution in [3.63, 3.8) is 0 Å². The molecule has 0 aliphatic carbocycles. The molecule has 0 aromatic heterocycles. The number of nitrogens with zero attached hydrogens (tertiary/aromatic N) is 1. The van der Waals surface area contributed by atoms with Crippen LogP contribution in [0.1, 0.15) is 25.0 Å². The van der Waals surface area contributed by atoms with Crippen LogP contribution in [0, 0.1) is 12.8 Å². The number of nitrogens with one attached hydrogen (secondary N) is 1. The largest absolute Gasteiger partial charge is 0.311 e. The van der Waals surface area contributed by atoms with E-state index in [0.717, 1.165) is 31.2 Å². The van der Waals surface area contributed by atoms with Crippen molar-refractivity contribution in [3.05, 3.63) is 34.3 Å². The fourth-order valence-corrected chi connectivity index (χ4v) is 2.75. The number of aryl methyl sites for hydroxylation is 1. The van der Waals surface area contributed by atoms with E-state index in [9.17, 15) is 0 Å². The fourth-order valence-electron chi connectivity index (χ4n) is 2.45. The van der Waals surface area contributed by atoms with Crippen LogP contribution in [0.25, 0.3) is 0 Å². The number of halogens is 1. The first kappa shape index (κ1) is 13.9. The molecule has 1 atom stereocenters. The maximum atomic E-state index is 6.31. The lowest BCUT2D eigenvalue weighted by atomic mass is 10.0. The van der Waals surface area contributed by atoms with E-state index in [1.165, 1.54) is 11.1 Å². The molecular formula is C15H23ClN2. The zero-order chi connectivity index (χ0) is 13.1. The minimum atomic E-state index is 0.600. The molecule has 0 saturated carbocycles. The Morgan fingerprint density at radius 2 is 2.22 bits per heavy atom. The van der Waals surface area contributed by atoms with E-state index >= 15 is 0 Å². The Hall–Kier alpha value is -0.570. The topological polar surface area (TPSA) is 15.3 Å². The third kappa shape index (κ3) is 3.47. The van der Waals surface area contributed by atoms with Crippen molar-refractivity contribution in [1.82, 2.24) is 10.2 Å². The summed E-state index contributed by atoms with van der Waals surface area (Å²) in [5.41, 5.74) is 2.47. The van der Waals surface area contributed by atoms with Crippen LogP contribution in [-0.4, -0.2) is 30.6 Å². The Morgan fingerprint density at radius 1 is 1.44 bits per heavy atom. The molecule has 1 saturated heterocycles. The van der Waals surface area contributed by atoms with E-state index in [1.807, 2.05) is 0 Å². The van der Waals surface area contributed by atoms with Crippen LogP contribution in [0.5, 0.6) is 0 Å². The molecule has 1 aromatic rings. The summed E-state index contributed by atoms with van der Waals surface area (Å²) in [6, 6.07) is 6.95. The monoisotopic (exact) mass is 266 g/mol. The summed E-state index contributed by atoms with van der Waals surface area (Å²) in [6.07, 6.45) is 0. The lowest BCUT2D eigenvalue weighted by Crippen LogP contribution is -2.52. The number of piperazine rings is 1. The predicted octanol–water partition coefficient (Wildman–Crippen LogP) is 3.08. The lowest BCUT2D eigenvalue weighted by molar-refractivity contribution is 0.168. The Morgan fingerprint density at radius 3 is 2.89 bits per heavy atom. The molecule has 0 amide bonds. The summed E-state index contributed by atoms with van der Waals surface area (Å²) in [5.74, 6) is 0.682. The van der Waals surface area contributed by atoms with E-state index < -0.39 is 0 Å². The molecule has 2 rings (SSSR count). The Balaban J connectivity index is 2.00. The van der Waals surface area contributed by atoms with Crippen molar-refractivity contribution in [2.45, 2.75) is 33.4 Å². The van der Waals surface area contributed by atoms with E-state index in [-0.39, 0.29) is 0 Å². The first-order valence-corrected chi connectivity index (χ1v) is 7.15. The summed E-state index contributed by atoms with van der Waals surface area (Å²) < 4.78 is 0. The van der Waals surface area contributed by atoms with Crippen LogP contribution in [0.4, 0.5) is 0 Å². The number of hydrogen-bond acceptors (Lipinski definition) is 2. The molecule has 3 heteroatoms. The van der Waals surface area contributed by atoms with E-state index in [0.29, 0.717) is 12.0 Å². The highest BCUT2D eigenvalue weighted by Gasteiger charge is 2.21. The molecule has 0 spiro atoms. The zero-order valence-corrected chi connectivity index (χ0v) is 12.3. The van der Waals surface area contributed by atoms with Crippen molar-refractivity contribution < 1.29 is 0 Å². The summed E-state index contributed by atoms with van der Waals surface area (Å²) in [5, 5.41) is 4.48. The van der Waals surface area contributed by atoms with Gasteiger partial charge >= 0.3 is 0 Å². The molecule has 1 aliphatic rings. The lowest BCUT2D eigenvalue weighted by Gasteiger charge is -2.35. The summed E-state index contributed by atoms with van der Waals surface area (Å²) in [6.45, 7) is 10.9. The normalized spacial score (nSPS) is 21.5. The van der Waals surface area contributed by atoms with Gasteiger partial charge in [-0.15, -0.1) is 0 Å². The second-order valence-corrected chi connectivity index (χ2v) is 6.04. The Labute approximate surface area is 115 Å². The van der Waals surface area contributed by atoms with Gasteiger partial charge in [0.1, 0.15) is 0 Å². The van der Waals surface area contributed by atoms with Gasteiger partial charge in [-0.2, -0.15) is 0 Å². The Bertz CT molecular complexity index is 403. The minimum absolute atomic E-state index is 0.600. The second kappa shape index (κ2) is 6.05. The van der Waals surface area contributed by atoms with Crippen molar-refractivity contribution in [2.24, 2.45) is 5.92 Å². The molecular weight excluding hydrogens is 244 g/mol. The van der Waals surface area contributed by atoms with Crippen LogP contribution in [0.3, 0.4) is 0 Å². The average molecular weight is 267 g/mol. The zero-order valence-electron chi connectivity index (χ0n) is 11.5. The standard InChI is InChI=1S/C15H23ClN2/c1-11(2)15-10-18(7-6-17-15)9-13-5-4-12(3)8-14(13)16/h4-5,8,11,15,17H,6-7,9-10H2,1-3H3. The van der Waals surface area contributed by atoms with E-state index in [2.05, 4.69) is 49.2 Å². The van der Waals surface area contributed by atoms with Gasteiger partial charge in [-0.3, -0.25) is 4.90 Å². The van der Waals surface area contributed by atoms with Gasteiger partial charge in [0.05, 0.1) is 0 Å². The van der Waals surface area contributed by atoms with Crippen molar-refractivity contribution in [3.8, 4) is 0 Å². The SMILES string of the molecule is Cc1ccc(CN2CCNC(C(C)C)C2)c(Cl)c1. The summed E-state index contributed by atoms with van der Waals surface area (Å²) >= 11 is 6.31. The van der Waals surface area contributed by atoms with Crippen LogP contribution < -0.4 is 5.32 Å². The molecule has 1 unspecified atom stereocenters.